The SMILES string of the molecule is CCN(CC)S(=O)(=O)c1ccc(CCC(=O)NCc2cccnc2OCC(F)(F)F)cc1. The fourth-order valence-electron chi connectivity index (χ4n) is 2.92. The average Bonchev–Trinajstić information content (AvgIpc) is 2.75. The Morgan fingerprint density at radius 3 is 2.38 bits per heavy atom. The Balaban J connectivity index is 1.89. The molecule has 7 nitrogen and oxygen atoms in total. The molecule has 1 N–H and O–H groups in total. The van der Waals surface area contributed by atoms with Gasteiger partial charge < -0.3 is 10.1 Å². The van der Waals surface area contributed by atoms with Crippen molar-refractivity contribution in [3.8, 4) is 5.88 Å². The van der Waals surface area contributed by atoms with Crippen molar-refractivity contribution in [2.45, 2.75) is 44.3 Å². The van der Waals surface area contributed by atoms with E-state index in [1.807, 2.05) is 0 Å². The minimum Gasteiger partial charge on any atom is -0.468 e. The van der Waals surface area contributed by atoms with Gasteiger partial charge in [0, 0.05) is 37.8 Å². The lowest BCUT2D eigenvalue weighted by molar-refractivity contribution is -0.154. The van der Waals surface area contributed by atoms with Gasteiger partial charge in [0.1, 0.15) is 0 Å². The van der Waals surface area contributed by atoms with E-state index in [1.54, 1.807) is 26.0 Å². The zero-order valence-electron chi connectivity index (χ0n) is 17.9. The Bertz CT molecular complexity index is 992. The standard InChI is InChI=1S/C21H26F3N3O4S/c1-3-27(4-2)32(29,30)18-10-7-16(8-11-18)9-12-19(28)26-14-17-6-5-13-25-20(17)31-15-21(22,23)24/h5-8,10-11,13H,3-4,9,12,14-15H2,1-2H3,(H,26,28). The smallest absolute Gasteiger partial charge is 0.422 e. The lowest BCUT2D eigenvalue weighted by atomic mass is 10.1. The number of nitrogens with one attached hydrogen (secondary N) is 1. The van der Waals surface area contributed by atoms with Crippen LogP contribution >= 0.6 is 0 Å². The van der Waals surface area contributed by atoms with Gasteiger partial charge in [0.25, 0.3) is 0 Å². The van der Waals surface area contributed by atoms with E-state index in [9.17, 15) is 26.4 Å². The van der Waals surface area contributed by atoms with Gasteiger partial charge in [0.15, 0.2) is 6.61 Å². The predicted octanol–water partition coefficient (Wildman–Crippen LogP) is 3.30. The highest BCUT2D eigenvalue weighted by Crippen LogP contribution is 2.20. The monoisotopic (exact) mass is 473 g/mol. The van der Waals surface area contributed by atoms with Crippen molar-refractivity contribution in [3.63, 3.8) is 0 Å². The van der Waals surface area contributed by atoms with E-state index >= 15 is 0 Å². The Kier molecular flexibility index (Phi) is 9.02. The van der Waals surface area contributed by atoms with E-state index in [0.717, 1.165) is 5.56 Å². The molecule has 0 unspecified atom stereocenters. The molecule has 1 aromatic heterocycles. The van der Waals surface area contributed by atoms with Crippen molar-refractivity contribution in [1.82, 2.24) is 14.6 Å². The Hall–Kier alpha value is -2.66. The molecular formula is C21H26F3N3O4S. The molecule has 0 atom stereocenters. The number of carbonyl (C=O) groups is 1. The quantitative estimate of drug-likeness (QED) is 0.541. The van der Waals surface area contributed by atoms with E-state index in [0.29, 0.717) is 25.1 Å². The first-order valence-electron chi connectivity index (χ1n) is 10.1. The molecule has 0 aliphatic carbocycles. The molecule has 0 bridgehead atoms. The zero-order valence-corrected chi connectivity index (χ0v) is 18.7. The minimum absolute atomic E-state index is 0.0269. The van der Waals surface area contributed by atoms with Crippen LogP contribution < -0.4 is 10.1 Å². The van der Waals surface area contributed by atoms with E-state index in [-0.39, 0.29) is 29.6 Å². The largest absolute Gasteiger partial charge is 0.468 e. The number of rotatable bonds is 11. The number of ether oxygens (including phenoxy) is 1. The summed E-state index contributed by atoms with van der Waals surface area (Å²) in [7, 11) is -3.54. The highest BCUT2D eigenvalue weighted by Gasteiger charge is 2.29. The van der Waals surface area contributed by atoms with Crippen molar-refractivity contribution < 1.29 is 31.1 Å². The molecule has 0 spiro atoms. The van der Waals surface area contributed by atoms with E-state index in [4.69, 9.17) is 4.74 Å². The summed E-state index contributed by atoms with van der Waals surface area (Å²) in [6, 6.07) is 9.41. The molecule has 32 heavy (non-hydrogen) atoms. The Morgan fingerprint density at radius 1 is 1.12 bits per heavy atom. The predicted molar refractivity (Wildman–Crippen MR) is 113 cm³/mol. The molecule has 1 aromatic carbocycles. The van der Waals surface area contributed by atoms with Gasteiger partial charge >= 0.3 is 6.18 Å². The molecule has 0 saturated heterocycles. The number of sulfonamides is 1. The van der Waals surface area contributed by atoms with Crippen molar-refractivity contribution >= 4 is 15.9 Å². The van der Waals surface area contributed by atoms with Gasteiger partial charge in [-0.15, -0.1) is 0 Å². The number of carbonyl (C=O) groups excluding carboxylic acids is 1. The number of pyridine rings is 1. The molecule has 0 radical (unpaired) electrons. The van der Waals surface area contributed by atoms with Crippen molar-refractivity contribution in [1.29, 1.82) is 0 Å². The van der Waals surface area contributed by atoms with Crippen molar-refractivity contribution in [2.24, 2.45) is 0 Å². The summed E-state index contributed by atoms with van der Waals surface area (Å²) >= 11 is 0. The van der Waals surface area contributed by atoms with Crippen molar-refractivity contribution in [2.75, 3.05) is 19.7 Å². The second kappa shape index (κ2) is 11.3. The number of hydrogen-bond acceptors (Lipinski definition) is 5. The number of aryl methyl sites for hydroxylation is 1. The number of alkyl halides is 3. The second-order valence-corrected chi connectivity index (χ2v) is 8.82. The summed E-state index contributed by atoms with van der Waals surface area (Å²) in [4.78, 5) is 16.1. The van der Waals surface area contributed by atoms with E-state index < -0.39 is 22.8 Å². The third kappa shape index (κ3) is 7.49. The number of aromatic nitrogens is 1. The van der Waals surface area contributed by atoms with Gasteiger partial charge in [-0.3, -0.25) is 4.79 Å². The van der Waals surface area contributed by atoms with Gasteiger partial charge in [-0.05, 0) is 30.2 Å². The maximum Gasteiger partial charge on any atom is 0.422 e. The fraction of sp³-hybridized carbons (Fsp3) is 0.429. The van der Waals surface area contributed by atoms with Crippen LogP contribution in [0.25, 0.3) is 0 Å². The summed E-state index contributed by atoms with van der Waals surface area (Å²) in [6.45, 7) is 2.79. The highest BCUT2D eigenvalue weighted by molar-refractivity contribution is 7.89. The number of halogens is 3. The third-order valence-electron chi connectivity index (χ3n) is 4.61. The third-order valence-corrected chi connectivity index (χ3v) is 6.67. The lowest BCUT2D eigenvalue weighted by Gasteiger charge is -2.18. The highest BCUT2D eigenvalue weighted by atomic mass is 32.2. The molecule has 0 fully saturated rings. The van der Waals surface area contributed by atoms with Crippen LogP contribution in [0.3, 0.4) is 0 Å². The summed E-state index contributed by atoms with van der Waals surface area (Å²) in [5, 5.41) is 2.63. The molecule has 2 aromatic rings. The first kappa shape index (κ1) is 25.6. The molecule has 1 amide bonds. The molecule has 2 rings (SSSR count). The Morgan fingerprint density at radius 2 is 1.78 bits per heavy atom. The maximum atomic E-state index is 12.5. The van der Waals surface area contributed by atoms with Crippen LogP contribution in [-0.2, 0) is 27.8 Å². The topological polar surface area (TPSA) is 88.6 Å². The maximum absolute atomic E-state index is 12.5. The Labute approximate surface area is 185 Å². The van der Waals surface area contributed by atoms with Crippen molar-refractivity contribution in [3.05, 3.63) is 53.7 Å². The van der Waals surface area contributed by atoms with Gasteiger partial charge in [-0.1, -0.05) is 32.0 Å². The van der Waals surface area contributed by atoms with Crippen LogP contribution in [0.4, 0.5) is 13.2 Å². The number of amides is 1. The molecule has 1 heterocycles. The first-order chi connectivity index (χ1) is 15.1. The number of hydrogen-bond donors (Lipinski definition) is 1. The van der Waals surface area contributed by atoms with Gasteiger partial charge in [-0.2, -0.15) is 17.5 Å². The molecular weight excluding hydrogens is 447 g/mol. The normalized spacial score (nSPS) is 12.1. The van der Waals surface area contributed by atoms with Crippen LogP contribution in [0.15, 0.2) is 47.5 Å². The summed E-state index contributed by atoms with van der Waals surface area (Å²) in [5.74, 6) is -0.495. The van der Waals surface area contributed by atoms with Crippen LogP contribution in [0, 0.1) is 0 Å². The fourth-order valence-corrected chi connectivity index (χ4v) is 4.38. The van der Waals surface area contributed by atoms with E-state index in [2.05, 4.69) is 10.3 Å². The first-order valence-corrected chi connectivity index (χ1v) is 11.5. The average molecular weight is 474 g/mol. The zero-order chi connectivity index (χ0) is 23.8. The van der Waals surface area contributed by atoms with Gasteiger partial charge in [0.05, 0.1) is 4.90 Å². The number of nitrogens with zero attached hydrogens (tertiary/aromatic N) is 2. The summed E-state index contributed by atoms with van der Waals surface area (Å²) in [5.41, 5.74) is 1.12. The van der Waals surface area contributed by atoms with E-state index in [1.165, 1.54) is 34.8 Å². The molecule has 176 valence electrons. The van der Waals surface area contributed by atoms with Crippen LogP contribution in [0.5, 0.6) is 5.88 Å². The summed E-state index contributed by atoms with van der Waals surface area (Å²) < 4.78 is 68.1. The van der Waals surface area contributed by atoms with Crippen LogP contribution in [0.2, 0.25) is 0 Å². The minimum atomic E-state index is -4.49. The lowest BCUT2D eigenvalue weighted by Crippen LogP contribution is -2.30. The van der Waals surface area contributed by atoms with Crippen LogP contribution in [-0.4, -0.2) is 49.5 Å². The van der Waals surface area contributed by atoms with Gasteiger partial charge in [-0.25, -0.2) is 13.4 Å². The number of benzene rings is 1. The summed E-state index contributed by atoms with van der Waals surface area (Å²) in [6.07, 6.45) is -2.68. The second-order valence-electron chi connectivity index (χ2n) is 6.88. The molecule has 11 heteroatoms. The molecule has 0 aliphatic rings. The van der Waals surface area contributed by atoms with Gasteiger partial charge in [0.2, 0.25) is 21.8 Å². The molecule has 0 saturated carbocycles. The van der Waals surface area contributed by atoms with Crippen LogP contribution in [0.1, 0.15) is 31.4 Å². The molecule has 0 aliphatic heterocycles.